The zero-order valence-corrected chi connectivity index (χ0v) is 12.5. The average Bonchev–Trinajstić information content (AvgIpc) is 2.35. The molecule has 2 fully saturated rings. The topological polar surface area (TPSA) is 15.3 Å². The second-order valence-corrected chi connectivity index (χ2v) is 7.32. The average molecular weight is 256 g/mol. The molecule has 1 aliphatic heterocycles. The van der Waals surface area contributed by atoms with Gasteiger partial charge in [-0.1, -0.05) is 26.2 Å². The highest BCUT2D eigenvalue weighted by molar-refractivity contribution is 7.99. The number of piperazine rings is 1. The number of thioether (sulfide) groups is 1. The number of hydrogen-bond donors (Lipinski definition) is 1. The third-order valence-corrected chi connectivity index (χ3v) is 5.56. The molecule has 100 valence electrons. The summed E-state index contributed by atoms with van der Waals surface area (Å²) < 4.78 is 0. The Morgan fingerprint density at radius 1 is 1.35 bits per heavy atom. The Bertz CT molecular complexity index is 238. The van der Waals surface area contributed by atoms with Crippen LogP contribution < -0.4 is 5.32 Å². The van der Waals surface area contributed by atoms with E-state index in [-0.39, 0.29) is 0 Å². The predicted molar refractivity (Wildman–Crippen MR) is 77.8 cm³/mol. The van der Waals surface area contributed by atoms with Gasteiger partial charge in [-0.3, -0.25) is 4.90 Å². The summed E-state index contributed by atoms with van der Waals surface area (Å²) >= 11 is 1.99. The number of hydrogen-bond acceptors (Lipinski definition) is 3. The maximum Gasteiger partial charge on any atom is 0.0309 e. The van der Waals surface area contributed by atoms with Crippen molar-refractivity contribution in [2.75, 3.05) is 25.9 Å². The van der Waals surface area contributed by atoms with E-state index in [9.17, 15) is 0 Å². The molecule has 17 heavy (non-hydrogen) atoms. The van der Waals surface area contributed by atoms with Gasteiger partial charge >= 0.3 is 0 Å². The largest absolute Gasteiger partial charge is 0.308 e. The van der Waals surface area contributed by atoms with E-state index in [0.717, 1.165) is 5.25 Å². The molecule has 1 aliphatic carbocycles. The maximum absolute atomic E-state index is 3.86. The molecule has 1 spiro atoms. The summed E-state index contributed by atoms with van der Waals surface area (Å²) in [6.45, 7) is 8.44. The van der Waals surface area contributed by atoms with Crippen molar-refractivity contribution in [3.05, 3.63) is 0 Å². The van der Waals surface area contributed by atoms with Crippen LogP contribution in [0.25, 0.3) is 0 Å². The Labute approximate surface area is 111 Å². The molecule has 2 unspecified atom stereocenters. The van der Waals surface area contributed by atoms with Crippen LogP contribution in [0, 0.1) is 0 Å². The second kappa shape index (κ2) is 5.94. The molecule has 2 atom stereocenters. The smallest absolute Gasteiger partial charge is 0.0309 e. The highest BCUT2D eigenvalue weighted by Crippen LogP contribution is 2.32. The van der Waals surface area contributed by atoms with Crippen molar-refractivity contribution < 1.29 is 0 Å². The van der Waals surface area contributed by atoms with E-state index in [2.05, 4.69) is 30.3 Å². The first-order valence-electron chi connectivity index (χ1n) is 7.17. The lowest BCUT2D eigenvalue weighted by Crippen LogP contribution is -2.64. The van der Waals surface area contributed by atoms with E-state index < -0.39 is 0 Å². The normalized spacial score (nSPS) is 31.6. The molecular formula is C14H28N2S. The Hall–Kier alpha value is 0.270. The van der Waals surface area contributed by atoms with Crippen LogP contribution in [0.1, 0.15) is 46.0 Å². The second-order valence-electron chi connectivity index (χ2n) is 6.05. The van der Waals surface area contributed by atoms with Gasteiger partial charge in [0.15, 0.2) is 0 Å². The zero-order chi connectivity index (χ0) is 12.3. The molecule has 0 aromatic heterocycles. The van der Waals surface area contributed by atoms with Crippen molar-refractivity contribution in [1.82, 2.24) is 10.2 Å². The first-order valence-corrected chi connectivity index (χ1v) is 8.46. The van der Waals surface area contributed by atoms with Gasteiger partial charge in [0.2, 0.25) is 0 Å². The minimum Gasteiger partial charge on any atom is -0.308 e. The van der Waals surface area contributed by atoms with Crippen molar-refractivity contribution >= 4 is 11.8 Å². The van der Waals surface area contributed by atoms with Gasteiger partial charge in [0, 0.05) is 36.5 Å². The van der Waals surface area contributed by atoms with Crippen LogP contribution in [0.15, 0.2) is 0 Å². The van der Waals surface area contributed by atoms with Crippen LogP contribution in [-0.4, -0.2) is 47.6 Å². The van der Waals surface area contributed by atoms with Gasteiger partial charge in [0.05, 0.1) is 0 Å². The third-order valence-electron chi connectivity index (χ3n) is 4.61. The van der Waals surface area contributed by atoms with Crippen LogP contribution in [0.5, 0.6) is 0 Å². The monoisotopic (exact) mass is 256 g/mol. The van der Waals surface area contributed by atoms with Gasteiger partial charge < -0.3 is 5.32 Å². The van der Waals surface area contributed by atoms with Crippen LogP contribution in [-0.2, 0) is 0 Å². The van der Waals surface area contributed by atoms with Gasteiger partial charge in [-0.25, -0.2) is 0 Å². The Kier molecular flexibility index (Phi) is 4.79. The fourth-order valence-electron chi connectivity index (χ4n) is 3.31. The van der Waals surface area contributed by atoms with E-state index in [1.165, 1.54) is 51.7 Å². The lowest BCUT2D eigenvalue weighted by atomic mass is 9.79. The van der Waals surface area contributed by atoms with Gasteiger partial charge in [0.1, 0.15) is 0 Å². The minimum atomic E-state index is 0.461. The maximum atomic E-state index is 3.86. The summed E-state index contributed by atoms with van der Waals surface area (Å²) in [5, 5.41) is 4.62. The van der Waals surface area contributed by atoms with E-state index in [1.807, 2.05) is 11.8 Å². The molecule has 2 rings (SSSR count). The molecule has 0 bridgehead atoms. The zero-order valence-electron chi connectivity index (χ0n) is 11.7. The summed E-state index contributed by atoms with van der Waals surface area (Å²) in [6, 6.07) is 0.706. The minimum absolute atomic E-state index is 0.461. The first kappa shape index (κ1) is 13.7. The number of nitrogens with one attached hydrogen (secondary N) is 1. The Balaban J connectivity index is 1.95. The van der Waals surface area contributed by atoms with Crippen molar-refractivity contribution in [2.24, 2.45) is 0 Å². The third kappa shape index (κ3) is 3.39. The molecule has 1 saturated heterocycles. The Morgan fingerprint density at radius 2 is 2.06 bits per heavy atom. The van der Waals surface area contributed by atoms with Crippen molar-refractivity contribution in [3.8, 4) is 0 Å². The summed E-state index contributed by atoms with van der Waals surface area (Å²) in [7, 11) is 0. The lowest BCUT2D eigenvalue weighted by molar-refractivity contribution is 0.0640. The molecule has 1 saturated carbocycles. The summed E-state index contributed by atoms with van der Waals surface area (Å²) in [5.41, 5.74) is 0.461. The summed E-state index contributed by atoms with van der Waals surface area (Å²) in [5.74, 6) is 0. The quantitative estimate of drug-likeness (QED) is 0.836. The van der Waals surface area contributed by atoms with Crippen LogP contribution >= 0.6 is 11.8 Å². The van der Waals surface area contributed by atoms with E-state index in [1.54, 1.807) is 0 Å². The standard InChI is InChI=1S/C14H28N2S/c1-12-9-15-14(7-5-4-6-8-14)11-16(12)10-13(2)17-3/h12-13,15H,4-11H2,1-3H3. The van der Waals surface area contributed by atoms with Crippen LogP contribution in [0.2, 0.25) is 0 Å². The Morgan fingerprint density at radius 3 is 2.71 bits per heavy atom. The first-order chi connectivity index (χ1) is 8.15. The van der Waals surface area contributed by atoms with Crippen LogP contribution in [0.4, 0.5) is 0 Å². The number of nitrogens with zero attached hydrogens (tertiary/aromatic N) is 1. The molecule has 0 aromatic carbocycles. The van der Waals surface area contributed by atoms with Gasteiger partial charge in [-0.2, -0.15) is 11.8 Å². The molecular weight excluding hydrogens is 228 g/mol. The predicted octanol–water partition coefficient (Wildman–Crippen LogP) is 2.73. The van der Waals surface area contributed by atoms with Crippen molar-refractivity contribution in [3.63, 3.8) is 0 Å². The molecule has 2 nitrogen and oxygen atoms in total. The highest BCUT2D eigenvalue weighted by atomic mass is 32.2. The molecule has 1 N–H and O–H groups in total. The van der Waals surface area contributed by atoms with Gasteiger partial charge in [0.25, 0.3) is 0 Å². The van der Waals surface area contributed by atoms with Crippen LogP contribution in [0.3, 0.4) is 0 Å². The summed E-state index contributed by atoms with van der Waals surface area (Å²) in [4.78, 5) is 2.73. The highest BCUT2D eigenvalue weighted by Gasteiger charge is 2.38. The molecule has 0 aromatic rings. The fourth-order valence-corrected chi connectivity index (χ4v) is 3.65. The lowest BCUT2D eigenvalue weighted by Gasteiger charge is -2.49. The number of rotatable bonds is 3. The molecule has 3 heteroatoms. The molecule has 1 heterocycles. The molecule has 0 radical (unpaired) electrons. The van der Waals surface area contributed by atoms with E-state index in [4.69, 9.17) is 0 Å². The SMILES string of the molecule is CSC(C)CN1CC2(CCCCC2)NCC1C. The van der Waals surface area contributed by atoms with Crippen molar-refractivity contribution in [1.29, 1.82) is 0 Å². The van der Waals surface area contributed by atoms with Crippen molar-refractivity contribution in [2.45, 2.75) is 62.8 Å². The van der Waals surface area contributed by atoms with E-state index >= 15 is 0 Å². The van der Waals surface area contributed by atoms with E-state index in [0.29, 0.717) is 11.6 Å². The van der Waals surface area contributed by atoms with Gasteiger partial charge in [-0.15, -0.1) is 0 Å². The molecule has 2 aliphatic rings. The molecule has 0 amide bonds. The fraction of sp³-hybridized carbons (Fsp3) is 1.00. The summed E-state index contributed by atoms with van der Waals surface area (Å²) in [6.07, 6.45) is 9.31. The van der Waals surface area contributed by atoms with Gasteiger partial charge in [-0.05, 0) is 26.0 Å².